The molecule has 2 N–H and O–H groups in total. The molecule has 0 saturated heterocycles. The van der Waals surface area contributed by atoms with Gasteiger partial charge in [-0.15, -0.1) is 5.10 Å². The number of hydrogen-bond donors (Lipinski definition) is 1. The predicted octanol–water partition coefficient (Wildman–Crippen LogP) is 4.96. The highest BCUT2D eigenvalue weighted by Gasteiger charge is 2.17. The lowest BCUT2D eigenvalue weighted by Gasteiger charge is -2.23. The fraction of sp³-hybridized carbons (Fsp3) is 0.300. The van der Waals surface area contributed by atoms with Gasteiger partial charge in [0.15, 0.2) is 5.17 Å². The molecule has 0 bridgehead atoms. The van der Waals surface area contributed by atoms with E-state index in [0.29, 0.717) is 5.17 Å². The first-order valence-corrected chi connectivity index (χ1v) is 9.13. The Hall–Kier alpha value is -2.07. The monoisotopic (exact) mass is 339 g/mol. The second kappa shape index (κ2) is 8.69. The highest BCUT2D eigenvalue weighted by atomic mass is 32.2. The number of rotatable bonds is 6. The van der Waals surface area contributed by atoms with Gasteiger partial charge < -0.3 is 5.73 Å². The Morgan fingerprint density at radius 3 is 2.38 bits per heavy atom. The summed E-state index contributed by atoms with van der Waals surface area (Å²) in [4.78, 5) is 0. The van der Waals surface area contributed by atoms with E-state index in [1.54, 1.807) is 6.21 Å². The lowest BCUT2D eigenvalue weighted by Crippen LogP contribution is -2.15. The smallest absolute Gasteiger partial charge is 0.180 e. The van der Waals surface area contributed by atoms with Crippen LogP contribution in [-0.4, -0.2) is 11.4 Å². The molecule has 2 rings (SSSR count). The minimum atomic E-state index is 0.201. The second-order valence-corrected chi connectivity index (χ2v) is 7.31. The summed E-state index contributed by atoms with van der Waals surface area (Å²) in [6.45, 7) is 6.72. The van der Waals surface area contributed by atoms with Gasteiger partial charge in [0.05, 0.1) is 6.21 Å². The molecule has 3 nitrogen and oxygen atoms in total. The van der Waals surface area contributed by atoms with Crippen LogP contribution in [0, 0.1) is 0 Å². The van der Waals surface area contributed by atoms with Gasteiger partial charge in [0.2, 0.25) is 0 Å². The number of thioether (sulfide) groups is 1. The molecular formula is C20H25N3S. The first-order valence-electron chi connectivity index (χ1n) is 8.15. The van der Waals surface area contributed by atoms with Crippen molar-refractivity contribution in [2.24, 2.45) is 15.9 Å². The zero-order valence-electron chi connectivity index (χ0n) is 14.6. The maximum atomic E-state index is 5.88. The molecule has 0 radical (unpaired) electrons. The van der Waals surface area contributed by atoms with Crippen LogP contribution in [0.15, 0.2) is 64.8 Å². The minimum absolute atomic E-state index is 0.201. The molecule has 0 unspecified atom stereocenters. The Kier molecular flexibility index (Phi) is 6.62. The molecule has 2 aromatic rings. The zero-order chi connectivity index (χ0) is 17.4. The lowest BCUT2D eigenvalue weighted by atomic mass is 9.82. The van der Waals surface area contributed by atoms with Crippen molar-refractivity contribution < 1.29 is 0 Å². The number of hydrogen-bond acceptors (Lipinski definition) is 3. The van der Waals surface area contributed by atoms with Crippen molar-refractivity contribution in [3.05, 3.63) is 71.3 Å². The normalized spacial score (nSPS) is 12.7. The highest BCUT2D eigenvalue weighted by molar-refractivity contribution is 8.13. The van der Waals surface area contributed by atoms with Gasteiger partial charge in [-0.3, -0.25) is 0 Å². The summed E-state index contributed by atoms with van der Waals surface area (Å²) in [5.74, 6) is 0.798. The average Bonchev–Trinajstić information content (AvgIpc) is 2.61. The summed E-state index contributed by atoms with van der Waals surface area (Å²) >= 11 is 1.49. The van der Waals surface area contributed by atoms with Gasteiger partial charge in [0.1, 0.15) is 0 Å². The molecule has 0 spiro atoms. The van der Waals surface area contributed by atoms with Gasteiger partial charge >= 0.3 is 0 Å². The molecule has 0 saturated carbocycles. The molecule has 0 atom stereocenters. The first-order chi connectivity index (χ1) is 11.5. The minimum Gasteiger partial charge on any atom is -0.377 e. The molecular weight excluding hydrogens is 314 g/mol. The van der Waals surface area contributed by atoms with E-state index in [0.717, 1.165) is 17.7 Å². The second-order valence-electron chi connectivity index (χ2n) is 6.32. The van der Waals surface area contributed by atoms with Gasteiger partial charge in [-0.2, -0.15) is 5.10 Å². The van der Waals surface area contributed by atoms with E-state index < -0.39 is 0 Å². The maximum Gasteiger partial charge on any atom is 0.180 e. The van der Waals surface area contributed by atoms with E-state index in [2.05, 4.69) is 67.4 Å². The van der Waals surface area contributed by atoms with Crippen molar-refractivity contribution in [2.75, 3.05) is 0 Å². The van der Waals surface area contributed by atoms with Gasteiger partial charge in [-0.25, -0.2) is 0 Å². The van der Waals surface area contributed by atoms with Crippen LogP contribution in [-0.2, 0) is 11.2 Å². The summed E-state index contributed by atoms with van der Waals surface area (Å²) in [5, 5.41) is 8.60. The van der Waals surface area contributed by atoms with Crippen LogP contribution >= 0.6 is 11.8 Å². The standard InChI is InChI=1S/C20H25N3S/c1-4-20(2,3)18-12-10-16(11-13-18)14-22-23-19(21)24-15-17-8-6-5-7-9-17/h5-14H,4,15H2,1-3H3,(H2,21,23). The average molecular weight is 340 g/mol. The van der Waals surface area contributed by atoms with Crippen molar-refractivity contribution in [1.29, 1.82) is 0 Å². The van der Waals surface area contributed by atoms with Crippen LogP contribution < -0.4 is 5.73 Å². The van der Waals surface area contributed by atoms with Crippen molar-refractivity contribution >= 4 is 23.1 Å². The van der Waals surface area contributed by atoms with Crippen molar-refractivity contribution in [3.63, 3.8) is 0 Å². The Morgan fingerprint density at radius 1 is 1.08 bits per heavy atom. The molecule has 0 amide bonds. The number of amidine groups is 1. The van der Waals surface area contributed by atoms with Crippen LogP contribution in [0.3, 0.4) is 0 Å². The Labute approximate surface area is 149 Å². The highest BCUT2D eigenvalue weighted by Crippen LogP contribution is 2.26. The van der Waals surface area contributed by atoms with Gasteiger partial charge in [0, 0.05) is 5.75 Å². The van der Waals surface area contributed by atoms with Crippen molar-refractivity contribution in [2.45, 2.75) is 38.4 Å². The first kappa shape index (κ1) is 18.3. The van der Waals surface area contributed by atoms with E-state index in [1.165, 1.54) is 22.9 Å². The van der Waals surface area contributed by atoms with E-state index in [-0.39, 0.29) is 5.41 Å². The SMILES string of the molecule is CCC(C)(C)c1ccc(C=NN=C(N)SCc2ccccc2)cc1. The fourth-order valence-electron chi connectivity index (χ4n) is 2.14. The Morgan fingerprint density at radius 2 is 1.75 bits per heavy atom. The van der Waals surface area contributed by atoms with Crippen LogP contribution in [0.25, 0.3) is 0 Å². The van der Waals surface area contributed by atoms with Crippen molar-refractivity contribution in [3.8, 4) is 0 Å². The summed E-state index contributed by atoms with van der Waals surface area (Å²) in [5.41, 5.74) is 9.67. The largest absolute Gasteiger partial charge is 0.377 e. The van der Waals surface area contributed by atoms with E-state index in [1.807, 2.05) is 18.2 Å². The van der Waals surface area contributed by atoms with Gasteiger partial charge in [0.25, 0.3) is 0 Å². The topological polar surface area (TPSA) is 50.7 Å². The molecule has 0 aliphatic rings. The van der Waals surface area contributed by atoms with Crippen molar-refractivity contribution in [1.82, 2.24) is 0 Å². The Balaban J connectivity index is 1.90. The molecule has 4 heteroatoms. The molecule has 0 aromatic heterocycles. The van der Waals surface area contributed by atoms with Crippen LogP contribution in [0.4, 0.5) is 0 Å². The molecule has 0 aliphatic heterocycles. The van der Waals surface area contributed by atoms with E-state index in [9.17, 15) is 0 Å². The van der Waals surface area contributed by atoms with E-state index >= 15 is 0 Å². The number of nitrogens with zero attached hydrogens (tertiary/aromatic N) is 2. The van der Waals surface area contributed by atoms with Crippen LogP contribution in [0.2, 0.25) is 0 Å². The molecule has 126 valence electrons. The third-order valence-corrected chi connectivity index (χ3v) is 5.02. The number of nitrogens with two attached hydrogens (primary N) is 1. The summed E-state index contributed by atoms with van der Waals surface area (Å²) in [6, 6.07) is 18.6. The molecule has 0 aliphatic carbocycles. The molecule has 2 aromatic carbocycles. The molecule has 24 heavy (non-hydrogen) atoms. The van der Waals surface area contributed by atoms with E-state index in [4.69, 9.17) is 5.73 Å². The number of benzene rings is 2. The van der Waals surface area contributed by atoms with Gasteiger partial charge in [-0.1, -0.05) is 87.1 Å². The zero-order valence-corrected chi connectivity index (χ0v) is 15.4. The predicted molar refractivity (Wildman–Crippen MR) is 107 cm³/mol. The lowest BCUT2D eigenvalue weighted by molar-refractivity contribution is 0.506. The van der Waals surface area contributed by atoms with Crippen LogP contribution in [0.1, 0.15) is 43.9 Å². The quantitative estimate of drug-likeness (QED) is 0.459. The third kappa shape index (κ3) is 5.53. The molecule has 0 fully saturated rings. The summed E-state index contributed by atoms with van der Waals surface area (Å²) in [7, 11) is 0. The maximum absolute atomic E-state index is 5.88. The van der Waals surface area contributed by atoms with Gasteiger partial charge in [-0.05, 0) is 28.5 Å². The summed E-state index contributed by atoms with van der Waals surface area (Å²) < 4.78 is 0. The Bertz CT molecular complexity index is 689. The third-order valence-electron chi connectivity index (χ3n) is 4.17. The fourth-order valence-corrected chi connectivity index (χ4v) is 2.75. The van der Waals surface area contributed by atoms with Crippen LogP contribution in [0.5, 0.6) is 0 Å². The molecule has 0 heterocycles. The summed E-state index contributed by atoms with van der Waals surface area (Å²) in [6.07, 6.45) is 2.85.